The van der Waals surface area contributed by atoms with Crippen molar-refractivity contribution in [3.8, 4) is 0 Å². The second kappa shape index (κ2) is 4.49. The number of rotatable bonds is 3. The molecule has 1 saturated heterocycles. The number of hydrogen-bond donors (Lipinski definition) is 2. The van der Waals surface area contributed by atoms with Gasteiger partial charge in [0.2, 0.25) is 5.91 Å². The number of thioether (sulfide) groups is 1. The van der Waals surface area contributed by atoms with Crippen molar-refractivity contribution in [1.29, 1.82) is 0 Å². The van der Waals surface area contributed by atoms with Crippen LogP contribution < -0.4 is 11.1 Å². The first-order chi connectivity index (χ1) is 6.44. The Hall–Kier alpha value is -0.290. The number of hydrogen-bond acceptors (Lipinski definition) is 3. The van der Waals surface area contributed by atoms with Crippen molar-refractivity contribution in [2.45, 2.75) is 26.3 Å². The van der Waals surface area contributed by atoms with Gasteiger partial charge in [-0.3, -0.25) is 4.79 Å². The quantitative estimate of drug-likeness (QED) is 0.711. The third-order valence-corrected chi connectivity index (χ3v) is 4.12. The molecular formula is C9H16N2OS2. The van der Waals surface area contributed by atoms with E-state index in [0.717, 1.165) is 17.9 Å². The zero-order chi connectivity index (χ0) is 10.8. The summed E-state index contributed by atoms with van der Waals surface area (Å²) in [7, 11) is 0. The average Bonchev–Trinajstić information content (AvgIpc) is 2.56. The molecule has 1 unspecified atom stereocenters. The summed E-state index contributed by atoms with van der Waals surface area (Å²) in [5, 5.41) is 2.97. The molecule has 1 amide bonds. The fourth-order valence-electron chi connectivity index (χ4n) is 1.13. The summed E-state index contributed by atoms with van der Waals surface area (Å²) in [6.07, 6.45) is 1.05. The van der Waals surface area contributed by atoms with Gasteiger partial charge in [-0.25, -0.2) is 0 Å². The molecule has 0 saturated carbocycles. The second-order valence-corrected chi connectivity index (χ2v) is 5.61. The van der Waals surface area contributed by atoms with Crippen molar-refractivity contribution in [3.63, 3.8) is 0 Å². The van der Waals surface area contributed by atoms with Gasteiger partial charge >= 0.3 is 0 Å². The number of nitrogens with two attached hydrogens (primary N) is 1. The van der Waals surface area contributed by atoms with E-state index in [4.69, 9.17) is 18.0 Å². The van der Waals surface area contributed by atoms with Gasteiger partial charge in [-0.05, 0) is 26.0 Å². The largest absolute Gasteiger partial charge is 0.392 e. The van der Waals surface area contributed by atoms with E-state index >= 15 is 0 Å². The van der Waals surface area contributed by atoms with Crippen LogP contribution in [0.1, 0.15) is 20.3 Å². The molecule has 0 aromatic rings. The van der Waals surface area contributed by atoms with Crippen molar-refractivity contribution in [3.05, 3.63) is 0 Å². The van der Waals surface area contributed by atoms with Gasteiger partial charge in [-0.2, -0.15) is 11.8 Å². The minimum Gasteiger partial charge on any atom is -0.392 e. The Kier molecular flexibility index (Phi) is 3.78. The maximum Gasteiger partial charge on any atom is 0.232 e. The van der Waals surface area contributed by atoms with Crippen molar-refractivity contribution in [1.82, 2.24) is 5.32 Å². The van der Waals surface area contributed by atoms with Gasteiger partial charge in [0.1, 0.15) is 0 Å². The van der Waals surface area contributed by atoms with E-state index in [2.05, 4.69) is 5.32 Å². The highest BCUT2D eigenvalue weighted by molar-refractivity contribution is 7.99. The molecule has 0 spiro atoms. The zero-order valence-corrected chi connectivity index (χ0v) is 10.1. The molecule has 0 aliphatic carbocycles. The fourth-order valence-corrected chi connectivity index (χ4v) is 2.37. The van der Waals surface area contributed by atoms with Crippen LogP contribution in [0.4, 0.5) is 0 Å². The maximum absolute atomic E-state index is 11.8. The molecule has 1 aliphatic rings. The maximum atomic E-state index is 11.8. The van der Waals surface area contributed by atoms with Gasteiger partial charge in [-0.1, -0.05) is 12.2 Å². The average molecular weight is 232 g/mol. The van der Waals surface area contributed by atoms with Crippen molar-refractivity contribution in [2.24, 2.45) is 11.1 Å². The smallest absolute Gasteiger partial charge is 0.232 e. The Balaban J connectivity index is 2.52. The molecule has 1 atom stereocenters. The molecule has 1 rings (SSSR count). The van der Waals surface area contributed by atoms with Crippen LogP contribution in [0.5, 0.6) is 0 Å². The molecule has 1 aliphatic heterocycles. The van der Waals surface area contributed by atoms with E-state index in [1.165, 1.54) is 0 Å². The summed E-state index contributed by atoms with van der Waals surface area (Å²) < 4.78 is 0. The third kappa shape index (κ3) is 2.60. The van der Waals surface area contributed by atoms with Gasteiger partial charge in [0.05, 0.1) is 10.4 Å². The van der Waals surface area contributed by atoms with E-state index < -0.39 is 5.41 Å². The van der Waals surface area contributed by atoms with Gasteiger partial charge in [0, 0.05) is 11.8 Å². The standard InChI is InChI=1S/C9H16N2OS2/c1-9(2,7(10)13)8(12)11-6-3-4-14-5-6/h6H,3-5H2,1-2H3,(H2,10,13)(H,11,12). The predicted molar refractivity (Wildman–Crippen MR) is 64.4 cm³/mol. The first kappa shape index (κ1) is 11.8. The SMILES string of the molecule is CC(C)(C(=O)NC1CCSC1)C(N)=S. The van der Waals surface area contributed by atoms with Crippen molar-refractivity contribution in [2.75, 3.05) is 11.5 Å². The molecule has 0 aromatic carbocycles. The van der Waals surface area contributed by atoms with Crippen molar-refractivity contribution >= 4 is 34.9 Å². The molecule has 3 N–H and O–H groups in total. The van der Waals surface area contributed by atoms with E-state index in [-0.39, 0.29) is 10.9 Å². The van der Waals surface area contributed by atoms with Gasteiger partial charge in [0.25, 0.3) is 0 Å². The van der Waals surface area contributed by atoms with Gasteiger partial charge in [-0.15, -0.1) is 0 Å². The molecule has 3 nitrogen and oxygen atoms in total. The highest BCUT2D eigenvalue weighted by Crippen LogP contribution is 2.20. The molecule has 0 radical (unpaired) electrons. The third-order valence-electron chi connectivity index (χ3n) is 2.45. The van der Waals surface area contributed by atoms with Crippen LogP contribution >= 0.6 is 24.0 Å². The number of carbonyl (C=O) groups is 1. The molecule has 5 heteroatoms. The van der Waals surface area contributed by atoms with Crippen LogP contribution in [0.15, 0.2) is 0 Å². The first-order valence-electron chi connectivity index (χ1n) is 4.63. The highest BCUT2D eigenvalue weighted by Gasteiger charge is 2.32. The summed E-state index contributed by atoms with van der Waals surface area (Å²) in [4.78, 5) is 12.0. The van der Waals surface area contributed by atoms with Crippen LogP contribution in [0.2, 0.25) is 0 Å². The van der Waals surface area contributed by atoms with Gasteiger partial charge < -0.3 is 11.1 Å². The molecule has 14 heavy (non-hydrogen) atoms. The molecular weight excluding hydrogens is 216 g/mol. The lowest BCUT2D eigenvalue weighted by Gasteiger charge is -2.24. The topological polar surface area (TPSA) is 55.1 Å². The number of nitrogens with one attached hydrogen (secondary N) is 1. The minimum atomic E-state index is -0.734. The Bertz CT molecular complexity index is 247. The highest BCUT2D eigenvalue weighted by atomic mass is 32.2. The fraction of sp³-hybridized carbons (Fsp3) is 0.778. The normalized spacial score (nSPS) is 22.0. The van der Waals surface area contributed by atoms with Crippen LogP contribution in [-0.4, -0.2) is 28.4 Å². The van der Waals surface area contributed by atoms with Crippen LogP contribution in [0.3, 0.4) is 0 Å². The van der Waals surface area contributed by atoms with Gasteiger partial charge in [0.15, 0.2) is 0 Å². The van der Waals surface area contributed by atoms with E-state index in [1.54, 1.807) is 13.8 Å². The number of carbonyl (C=O) groups excluding carboxylic acids is 1. The number of thiocarbonyl (C=S) groups is 1. The molecule has 80 valence electrons. The second-order valence-electron chi connectivity index (χ2n) is 4.02. The van der Waals surface area contributed by atoms with Crippen LogP contribution in [0, 0.1) is 5.41 Å². The summed E-state index contributed by atoms with van der Waals surface area (Å²) in [6, 6.07) is 0.293. The molecule has 1 heterocycles. The first-order valence-corrected chi connectivity index (χ1v) is 6.19. The Morgan fingerprint density at radius 1 is 1.64 bits per heavy atom. The van der Waals surface area contributed by atoms with Crippen molar-refractivity contribution < 1.29 is 4.79 Å². The Morgan fingerprint density at radius 2 is 2.29 bits per heavy atom. The van der Waals surface area contributed by atoms with E-state index in [0.29, 0.717) is 6.04 Å². The van der Waals surface area contributed by atoms with E-state index in [1.807, 2.05) is 11.8 Å². The lowest BCUT2D eigenvalue weighted by Crippen LogP contribution is -2.48. The Labute approximate surface area is 94.2 Å². The summed E-state index contributed by atoms with van der Waals surface area (Å²) in [6.45, 7) is 3.51. The molecule has 0 aromatic heterocycles. The minimum absolute atomic E-state index is 0.0579. The lowest BCUT2D eigenvalue weighted by atomic mass is 9.92. The molecule has 1 fully saturated rings. The zero-order valence-electron chi connectivity index (χ0n) is 8.50. The summed E-state index contributed by atoms with van der Waals surface area (Å²) >= 11 is 6.72. The lowest BCUT2D eigenvalue weighted by molar-refractivity contribution is -0.126. The predicted octanol–water partition coefficient (Wildman–Crippen LogP) is 0.920. The molecule has 0 bridgehead atoms. The van der Waals surface area contributed by atoms with Crippen LogP contribution in [-0.2, 0) is 4.79 Å². The Morgan fingerprint density at radius 3 is 2.71 bits per heavy atom. The summed E-state index contributed by atoms with van der Waals surface area (Å²) in [5.41, 5.74) is 4.78. The number of amides is 1. The van der Waals surface area contributed by atoms with E-state index in [9.17, 15) is 4.79 Å². The monoisotopic (exact) mass is 232 g/mol. The summed E-state index contributed by atoms with van der Waals surface area (Å²) in [5.74, 6) is 2.06. The van der Waals surface area contributed by atoms with Crippen LogP contribution in [0.25, 0.3) is 0 Å².